The fourth-order valence-corrected chi connectivity index (χ4v) is 2.07. The highest BCUT2D eigenvalue weighted by Crippen LogP contribution is 2.29. The third-order valence-corrected chi connectivity index (χ3v) is 2.82. The number of carbonyl (C=O) groups excluding carboxylic acids is 1. The fourth-order valence-electron chi connectivity index (χ4n) is 1.85. The molecule has 0 aromatic carbocycles. The predicted octanol–water partition coefficient (Wildman–Crippen LogP) is 1.01. The number of nitrogens with zero attached hydrogens (tertiary/aromatic N) is 5. The highest BCUT2D eigenvalue weighted by atomic mass is 35.5. The smallest absolute Gasteiger partial charge is 0.220 e. The summed E-state index contributed by atoms with van der Waals surface area (Å²) in [6.07, 6.45) is 3.62. The average molecular weight is 236 g/mol. The molecule has 0 spiro atoms. The number of hydrogen-bond donors (Lipinski definition) is 0. The van der Waals surface area contributed by atoms with E-state index in [1.807, 2.05) is 0 Å². The number of rotatable bonds is 1. The Morgan fingerprint density at radius 2 is 2.25 bits per heavy atom. The van der Waals surface area contributed by atoms with Crippen molar-refractivity contribution in [1.82, 2.24) is 24.3 Å². The number of halogens is 1. The van der Waals surface area contributed by atoms with Crippen LogP contribution in [0.1, 0.15) is 0 Å². The zero-order chi connectivity index (χ0) is 11.3. The van der Waals surface area contributed by atoms with E-state index in [2.05, 4.69) is 15.1 Å². The molecule has 80 valence electrons. The van der Waals surface area contributed by atoms with Crippen LogP contribution in [0.25, 0.3) is 22.1 Å². The summed E-state index contributed by atoms with van der Waals surface area (Å²) in [6.45, 7) is 0. The first-order valence-corrected chi connectivity index (χ1v) is 4.89. The summed E-state index contributed by atoms with van der Waals surface area (Å²) >= 11 is 6.01. The lowest BCUT2D eigenvalue weighted by atomic mass is 10.3. The maximum absolute atomic E-state index is 11.0. The third kappa shape index (κ3) is 0.965. The van der Waals surface area contributed by atoms with Gasteiger partial charge in [-0.15, -0.1) is 0 Å². The van der Waals surface area contributed by atoms with Gasteiger partial charge >= 0.3 is 0 Å². The molecule has 0 aliphatic carbocycles. The second-order valence-electron chi connectivity index (χ2n) is 3.34. The highest BCUT2D eigenvalue weighted by molar-refractivity contribution is 6.36. The van der Waals surface area contributed by atoms with Crippen molar-refractivity contribution >= 4 is 40.1 Å². The lowest BCUT2D eigenvalue weighted by molar-refractivity contribution is 0.550. The SMILES string of the molecule is Cn1ncc2c1c1c(Cl)ncnc1n2C=O. The molecule has 0 fully saturated rings. The van der Waals surface area contributed by atoms with Crippen LogP contribution in [-0.4, -0.2) is 30.7 Å². The second-order valence-corrected chi connectivity index (χ2v) is 3.70. The van der Waals surface area contributed by atoms with Gasteiger partial charge in [0.25, 0.3) is 0 Å². The van der Waals surface area contributed by atoms with E-state index in [4.69, 9.17) is 11.6 Å². The summed E-state index contributed by atoms with van der Waals surface area (Å²) in [5.41, 5.74) is 1.93. The molecule has 6 nitrogen and oxygen atoms in total. The zero-order valence-electron chi connectivity index (χ0n) is 8.25. The van der Waals surface area contributed by atoms with Gasteiger partial charge in [0.1, 0.15) is 11.5 Å². The molecule has 16 heavy (non-hydrogen) atoms. The molecule has 0 saturated carbocycles. The van der Waals surface area contributed by atoms with Crippen LogP contribution in [0.5, 0.6) is 0 Å². The minimum atomic E-state index is 0.319. The lowest BCUT2D eigenvalue weighted by Crippen LogP contribution is -1.95. The van der Waals surface area contributed by atoms with E-state index >= 15 is 0 Å². The summed E-state index contributed by atoms with van der Waals surface area (Å²) in [5.74, 6) is 0. The van der Waals surface area contributed by atoms with E-state index in [0.717, 1.165) is 5.52 Å². The van der Waals surface area contributed by atoms with E-state index < -0.39 is 0 Å². The molecule has 7 heteroatoms. The van der Waals surface area contributed by atoms with Crippen molar-refractivity contribution in [2.45, 2.75) is 0 Å². The number of fused-ring (bicyclic) bond motifs is 3. The Morgan fingerprint density at radius 3 is 3.00 bits per heavy atom. The van der Waals surface area contributed by atoms with Crippen molar-refractivity contribution in [3.63, 3.8) is 0 Å². The van der Waals surface area contributed by atoms with Crippen molar-refractivity contribution in [3.8, 4) is 0 Å². The molecule has 0 aliphatic heterocycles. The molecular formula is C9H6ClN5O. The number of aryl methyl sites for hydroxylation is 1. The number of carbonyl (C=O) groups is 1. The monoisotopic (exact) mass is 235 g/mol. The van der Waals surface area contributed by atoms with Crippen molar-refractivity contribution in [3.05, 3.63) is 17.7 Å². The van der Waals surface area contributed by atoms with E-state index in [1.165, 1.54) is 10.9 Å². The van der Waals surface area contributed by atoms with Gasteiger partial charge in [0.15, 0.2) is 5.65 Å². The molecule has 0 amide bonds. The Hall–Kier alpha value is -1.95. The van der Waals surface area contributed by atoms with Crippen LogP contribution >= 0.6 is 11.6 Å². The zero-order valence-corrected chi connectivity index (χ0v) is 9.01. The number of hydrogen-bond acceptors (Lipinski definition) is 4. The van der Waals surface area contributed by atoms with Gasteiger partial charge in [-0.05, 0) is 0 Å². The maximum atomic E-state index is 11.0. The van der Waals surface area contributed by atoms with Gasteiger partial charge < -0.3 is 0 Å². The van der Waals surface area contributed by atoms with Crippen LogP contribution in [0, 0.1) is 0 Å². The van der Waals surface area contributed by atoms with Gasteiger partial charge in [0.2, 0.25) is 6.41 Å². The Balaban J connectivity index is 2.71. The maximum Gasteiger partial charge on any atom is 0.220 e. The normalized spacial score (nSPS) is 11.4. The van der Waals surface area contributed by atoms with E-state index in [9.17, 15) is 4.79 Å². The first-order chi connectivity index (χ1) is 7.74. The molecule has 0 aliphatic rings. The van der Waals surface area contributed by atoms with Crippen molar-refractivity contribution < 1.29 is 4.79 Å². The molecule has 3 heterocycles. The molecular weight excluding hydrogens is 230 g/mol. The molecule has 0 saturated heterocycles. The van der Waals surface area contributed by atoms with Crippen LogP contribution < -0.4 is 0 Å². The van der Waals surface area contributed by atoms with E-state index in [-0.39, 0.29) is 0 Å². The molecule has 0 atom stereocenters. The summed E-state index contributed by atoms with van der Waals surface area (Å²) in [7, 11) is 1.78. The Morgan fingerprint density at radius 1 is 1.44 bits per heavy atom. The Kier molecular flexibility index (Phi) is 1.75. The summed E-state index contributed by atoms with van der Waals surface area (Å²) in [6, 6.07) is 0. The highest BCUT2D eigenvalue weighted by Gasteiger charge is 2.17. The Bertz CT molecular complexity index is 713. The van der Waals surface area contributed by atoms with E-state index in [1.54, 1.807) is 17.9 Å². The van der Waals surface area contributed by atoms with Gasteiger partial charge in [0.05, 0.1) is 22.6 Å². The van der Waals surface area contributed by atoms with Crippen LogP contribution in [-0.2, 0) is 11.8 Å². The molecule has 3 rings (SSSR count). The first kappa shape index (κ1) is 9.29. The first-order valence-electron chi connectivity index (χ1n) is 4.51. The largest absolute Gasteiger partial charge is 0.278 e. The quantitative estimate of drug-likeness (QED) is 0.466. The van der Waals surface area contributed by atoms with Gasteiger partial charge in [0, 0.05) is 7.05 Å². The predicted molar refractivity (Wildman–Crippen MR) is 59.0 cm³/mol. The van der Waals surface area contributed by atoms with Crippen LogP contribution in [0.15, 0.2) is 12.5 Å². The van der Waals surface area contributed by atoms with Gasteiger partial charge in [-0.1, -0.05) is 11.6 Å². The molecule has 0 N–H and O–H groups in total. The minimum Gasteiger partial charge on any atom is -0.278 e. The van der Waals surface area contributed by atoms with Crippen LogP contribution in [0.2, 0.25) is 5.15 Å². The van der Waals surface area contributed by atoms with Crippen molar-refractivity contribution in [2.24, 2.45) is 7.05 Å². The topological polar surface area (TPSA) is 65.6 Å². The van der Waals surface area contributed by atoms with Crippen molar-refractivity contribution in [1.29, 1.82) is 0 Å². The van der Waals surface area contributed by atoms with Gasteiger partial charge in [-0.3, -0.25) is 14.0 Å². The molecule has 0 bridgehead atoms. The van der Waals surface area contributed by atoms with Gasteiger partial charge in [-0.2, -0.15) is 5.10 Å². The van der Waals surface area contributed by atoms with Gasteiger partial charge in [-0.25, -0.2) is 9.97 Å². The molecule has 0 unspecified atom stereocenters. The standard InChI is InChI=1S/C9H6ClN5O/c1-14-7-5(2-13-14)15(4-16)9-6(7)8(10)11-3-12-9/h2-4H,1H3. The molecule has 3 aromatic rings. The van der Waals surface area contributed by atoms with Crippen molar-refractivity contribution in [2.75, 3.05) is 0 Å². The minimum absolute atomic E-state index is 0.319. The lowest BCUT2D eigenvalue weighted by Gasteiger charge is -1.95. The third-order valence-electron chi connectivity index (χ3n) is 2.53. The second kappa shape index (κ2) is 3.02. The Labute approximate surface area is 94.5 Å². The van der Waals surface area contributed by atoms with Crippen LogP contribution in [0.3, 0.4) is 0 Å². The fraction of sp³-hybridized carbons (Fsp3) is 0.111. The molecule has 0 radical (unpaired) electrons. The van der Waals surface area contributed by atoms with E-state index in [0.29, 0.717) is 28.1 Å². The summed E-state index contributed by atoms with van der Waals surface area (Å²) in [5, 5.41) is 5.04. The molecule has 3 aromatic heterocycles. The average Bonchev–Trinajstić information content (AvgIpc) is 2.78. The summed E-state index contributed by atoms with van der Waals surface area (Å²) < 4.78 is 3.05. The summed E-state index contributed by atoms with van der Waals surface area (Å²) in [4.78, 5) is 19.0. The number of aromatic nitrogens is 5. The van der Waals surface area contributed by atoms with Crippen LogP contribution in [0.4, 0.5) is 0 Å².